The van der Waals surface area contributed by atoms with Gasteiger partial charge in [-0.25, -0.2) is 4.98 Å². The van der Waals surface area contributed by atoms with Crippen molar-refractivity contribution in [2.75, 3.05) is 6.54 Å². The number of unbranched alkanes of at least 4 members (excludes halogenated alkanes) is 9. The average Bonchev–Trinajstić information content (AvgIpc) is 2.52. The van der Waals surface area contributed by atoms with E-state index in [1.807, 2.05) is 0 Å². The third-order valence-corrected chi connectivity index (χ3v) is 3.63. The van der Waals surface area contributed by atoms with Gasteiger partial charge in [-0.2, -0.15) is 5.48 Å². The molecule has 1 aromatic heterocycles. The Bertz CT molecular complexity index is 448. The van der Waals surface area contributed by atoms with Crippen molar-refractivity contribution >= 4 is 0 Å². The molecule has 3 N–H and O–H groups in total. The lowest BCUT2D eigenvalue weighted by Gasteiger charge is -2.09. The minimum atomic E-state index is -0.252. The number of hydrogen-bond donors (Lipinski definition) is 3. The number of aromatic nitrogens is 2. The van der Waals surface area contributed by atoms with Crippen LogP contribution in [0.5, 0.6) is 5.88 Å². The molecule has 0 saturated heterocycles. The number of nitrogens with one attached hydrogen (secondary N) is 2. The van der Waals surface area contributed by atoms with Gasteiger partial charge < -0.3 is 10.0 Å². The summed E-state index contributed by atoms with van der Waals surface area (Å²) in [5.41, 5.74) is 2.55. The van der Waals surface area contributed by atoms with Gasteiger partial charge in [-0.3, -0.25) is 5.41 Å². The molecular formula is C16H30N4O2. The summed E-state index contributed by atoms with van der Waals surface area (Å²) in [6.07, 6.45) is 14.4. The third kappa shape index (κ3) is 8.02. The second-order valence-corrected chi connectivity index (χ2v) is 5.60. The molecule has 1 rings (SSSR count). The van der Waals surface area contributed by atoms with E-state index in [4.69, 9.17) is 10.2 Å². The Balaban J connectivity index is 1.92. The largest absolute Gasteiger partial charge is 0.422 e. The van der Waals surface area contributed by atoms with Crippen LogP contribution in [0.3, 0.4) is 0 Å². The summed E-state index contributed by atoms with van der Waals surface area (Å²) in [5.74, 6) is 0.173. The molecule has 0 unspecified atom stereocenters. The summed E-state index contributed by atoms with van der Waals surface area (Å²) in [5, 5.41) is 16.8. The molecule has 0 aliphatic heterocycles. The van der Waals surface area contributed by atoms with Gasteiger partial charge in [0.05, 0.1) is 0 Å². The van der Waals surface area contributed by atoms with Crippen LogP contribution >= 0.6 is 0 Å². The summed E-state index contributed by atoms with van der Waals surface area (Å²) < 4.78 is 0.603. The Morgan fingerprint density at radius 1 is 1.09 bits per heavy atom. The highest BCUT2D eigenvalue weighted by atomic mass is 16.7. The van der Waals surface area contributed by atoms with Gasteiger partial charge in [0.2, 0.25) is 0 Å². The first-order valence-electron chi connectivity index (χ1n) is 8.47. The van der Waals surface area contributed by atoms with E-state index in [0.29, 0.717) is 4.73 Å². The first kappa shape index (κ1) is 18.5. The maximum absolute atomic E-state index is 9.48. The topological polar surface area (TPSA) is 83.2 Å². The third-order valence-electron chi connectivity index (χ3n) is 3.63. The lowest BCUT2D eigenvalue weighted by molar-refractivity contribution is 0.0895. The van der Waals surface area contributed by atoms with E-state index < -0.39 is 0 Å². The maximum atomic E-state index is 9.48. The number of rotatable bonds is 13. The molecule has 0 amide bonds. The van der Waals surface area contributed by atoms with Gasteiger partial charge in [-0.15, -0.1) is 4.73 Å². The van der Waals surface area contributed by atoms with Gasteiger partial charge in [0.25, 0.3) is 11.5 Å². The van der Waals surface area contributed by atoms with Gasteiger partial charge in [-0.1, -0.05) is 64.7 Å². The quantitative estimate of drug-likeness (QED) is 0.296. The molecule has 0 aromatic carbocycles. The molecule has 126 valence electrons. The molecule has 0 fully saturated rings. The molecule has 0 spiro atoms. The van der Waals surface area contributed by atoms with Crippen LogP contribution in [0, 0.1) is 5.41 Å². The number of hydroxylamine groups is 1. The smallest absolute Gasteiger partial charge is 0.259 e. The van der Waals surface area contributed by atoms with E-state index >= 15 is 0 Å². The molecule has 6 nitrogen and oxygen atoms in total. The molecule has 0 bridgehead atoms. The molecule has 1 heterocycles. The Kier molecular flexibility index (Phi) is 10.1. The van der Waals surface area contributed by atoms with Crippen molar-refractivity contribution in [3.63, 3.8) is 0 Å². The summed E-state index contributed by atoms with van der Waals surface area (Å²) in [4.78, 5) is 8.82. The fourth-order valence-electron chi connectivity index (χ4n) is 2.29. The molecule has 0 aliphatic rings. The lowest BCUT2D eigenvalue weighted by Crippen LogP contribution is -2.27. The molecule has 0 atom stereocenters. The van der Waals surface area contributed by atoms with Crippen molar-refractivity contribution in [2.45, 2.75) is 71.1 Å². The molecule has 1 aromatic rings. The molecule has 6 heteroatoms. The minimum Gasteiger partial charge on any atom is -0.422 e. The Morgan fingerprint density at radius 2 is 1.68 bits per heavy atom. The number of hydrogen-bond acceptors (Lipinski definition) is 5. The highest BCUT2D eigenvalue weighted by Crippen LogP contribution is 2.10. The Morgan fingerprint density at radius 3 is 2.32 bits per heavy atom. The van der Waals surface area contributed by atoms with E-state index in [2.05, 4.69) is 17.4 Å². The SMILES string of the molecule is CCCCCCCCCCCCNOc1ccnc(=N)n1O. The van der Waals surface area contributed by atoms with Crippen molar-refractivity contribution in [1.29, 1.82) is 5.41 Å². The predicted molar refractivity (Wildman–Crippen MR) is 85.7 cm³/mol. The van der Waals surface area contributed by atoms with E-state index in [-0.39, 0.29) is 11.5 Å². The lowest BCUT2D eigenvalue weighted by atomic mass is 10.1. The second kappa shape index (κ2) is 12.0. The zero-order valence-electron chi connectivity index (χ0n) is 13.7. The Hall–Kier alpha value is -1.56. The van der Waals surface area contributed by atoms with Crippen LogP contribution in [-0.2, 0) is 0 Å². The fraction of sp³-hybridized carbons (Fsp3) is 0.750. The first-order valence-corrected chi connectivity index (χ1v) is 8.47. The monoisotopic (exact) mass is 310 g/mol. The van der Waals surface area contributed by atoms with Gasteiger partial charge in [0.1, 0.15) is 0 Å². The highest BCUT2D eigenvalue weighted by Gasteiger charge is 2.01. The van der Waals surface area contributed by atoms with Gasteiger partial charge in [-0.05, 0) is 6.42 Å². The Labute approximate surface area is 133 Å². The van der Waals surface area contributed by atoms with Crippen LogP contribution < -0.4 is 15.9 Å². The standard InChI is InChI=1S/C16H30N4O2/c1-2-3-4-5-6-7-8-9-10-11-13-19-22-15-12-14-18-16(17)20(15)21/h12,14,17,19,21H,2-11,13H2,1H3. The highest BCUT2D eigenvalue weighted by molar-refractivity contribution is 5.04. The fourth-order valence-corrected chi connectivity index (χ4v) is 2.29. The molecule has 0 aliphatic carbocycles. The average molecular weight is 310 g/mol. The van der Waals surface area contributed by atoms with Crippen molar-refractivity contribution < 1.29 is 10.0 Å². The summed E-state index contributed by atoms with van der Waals surface area (Å²) >= 11 is 0. The zero-order chi connectivity index (χ0) is 16.0. The van der Waals surface area contributed by atoms with Gasteiger partial charge in [0.15, 0.2) is 0 Å². The van der Waals surface area contributed by atoms with Crippen LogP contribution in [0.25, 0.3) is 0 Å². The van der Waals surface area contributed by atoms with Gasteiger partial charge >= 0.3 is 0 Å². The summed E-state index contributed by atoms with van der Waals surface area (Å²) in [7, 11) is 0. The van der Waals surface area contributed by atoms with Crippen molar-refractivity contribution in [3.8, 4) is 5.88 Å². The van der Waals surface area contributed by atoms with Crippen LogP contribution in [0.1, 0.15) is 71.1 Å². The molecule has 0 radical (unpaired) electrons. The van der Waals surface area contributed by atoms with E-state index in [9.17, 15) is 5.21 Å². The minimum absolute atomic E-state index is 0.173. The molecular weight excluding hydrogens is 280 g/mol. The van der Waals surface area contributed by atoms with Crippen LogP contribution in [0.4, 0.5) is 0 Å². The van der Waals surface area contributed by atoms with E-state index in [1.54, 1.807) is 0 Å². The summed E-state index contributed by atoms with van der Waals surface area (Å²) in [6.45, 7) is 2.98. The molecule has 22 heavy (non-hydrogen) atoms. The maximum Gasteiger partial charge on any atom is 0.259 e. The van der Waals surface area contributed by atoms with Crippen molar-refractivity contribution in [2.24, 2.45) is 0 Å². The zero-order valence-corrected chi connectivity index (χ0v) is 13.7. The first-order chi connectivity index (χ1) is 10.8. The summed E-state index contributed by atoms with van der Waals surface area (Å²) in [6, 6.07) is 1.50. The van der Waals surface area contributed by atoms with Crippen LogP contribution in [0.15, 0.2) is 12.3 Å². The van der Waals surface area contributed by atoms with E-state index in [1.165, 1.54) is 70.1 Å². The van der Waals surface area contributed by atoms with Gasteiger partial charge in [0, 0.05) is 18.8 Å². The van der Waals surface area contributed by atoms with Crippen LogP contribution in [-0.4, -0.2) is 21.5 Å². The second-order valence-electron chi connectivity index (χ2n) is 5.60. The molecule has 0 saturated carbocycles. The van der Waals surface area contributed by atoms with Crippen molar-refractivity contribution in [1.82, 2.24) is 15.2 Å². The number of nitrogens with zero attached hydrogens (tertiary/aromatic N) is 2. The van der Waals surface area contributed by atoms with Crippen LogP contribution in [0.2, 0.25) is 0 Å². The normalized spacial score (nSPS) is 10.8. The van der Waals surface area contributed by atoms with E-state index in [0.717, 1.165) is 13.0 Å². The predicted octanol–water partition coefficient (Wildman–Crippen LogP) is 3.40. The van der Waals surface area contributed by atoms with Crippen molar-refractivity contribution in [3.05, 3.63) is 17.9 Å².